The number of hydrogen-bond donors (Lipinski definition) is 0. The van der Waals surface area contributed by atoms with E-state index in [1.807, 2.05) is 35.2 Å². The van der Waals surface area contributed by atoms with Crippen LogP contribution in [-0.2, 0) is 14.3 Å². The first-order valence-corrected chi connectivity index (χ1v) is 10.4. The Kier molecular flexibility index (Phi) is 7.67. The van der Waals surface area contributed by atoms with Gasteiger partial charge in [-0.05, 0) is 30.2 Å². The third kappa shape index (κ3) is 5.81. The maximum absolute atomic E-state index is 12.4. The normalized spacial score (nSPS) is 15.7. The van der Waals surface area contributed by atoms with Crippen molar-refractivity contribution >= 4 is 23.5 Å². The Morgan fingerprint density at radius 3 is 2.17 bits per heavy atom. The molecule has 0 bridgehead atoms. The molecule has 29 heavy (non-hydrogen) atoms. The van der Waals surface area contributed by atoms with Gasteiger partial charge >= 0.3 is 5.97 Å². The molecule has 3 rings (SSSR count). The van der Waals surface area contributed by atoms with Gasteiger partial charge in [-0.1, -0.05) is 54.1 Å². The fourth-order valence-corrected chi connectivity index (χ4v) is 3.85. The van der Waals surface area contributed by atoms with Gasteiger partial charge in [0.15, 0.2) is 0 Å². The number of hydrogen-bond acceptors (Lipinski definition) is 4. The van der Waals surface area contributed by atoms with Crippen molar-refractivity contribution in [1.82, 2.24) is 9.80 Å². The third-order valence-corrected chi connectivity index (χ3v) is 5.43. The van der Waals surface area contributed by atoms with Crippen LogP contribution >= 0.6 is 11.6 Å². The van der Waals surface area contributed by atoms with Crippen LogP contribution in [0.15, 0.2) is 54.6 Å². The van der Waals surface area contributed by atoms with Crippen LogP contribution in [0.5, 0.6) is 0 Å². The van der Waals surface area contributed by atoms with E-state index in [9.17, 15) is 9.59 Å². The van der Waals surface area contributed by atoms with Crippen LogP contribution in [0.4, 0.5) is 0 Å². The molecule has 0 aliphatic carbocycles. The van der Waals surface area contributed by atoms with Gasteiger partial charge in [-0.2, -0.15) is 0 Å². The van der Waals surface area contributed by atoms with Crippen LogP contribution in [-0.4, -0.2) is 54.5 Å². The van der Waals surface area contributed by atoms with Crippen molar-refractivity contribution in [3.05, 3.63) is 70.7 Å². The Bertz CT molecular complexity index is 803. The molecule has 1 fully saturated rings. The molecular formula is C23H27ClN2O3. The summed E-state index contributed by atoms with van der Waals surface area (Å²) in [6, 6.07) is 18.5. The van der Waals surface area contributed by atoms with Gasteiger partial charge in [-0.25, -0.2) is 0 Å². The Hall–Kier alpha value is -2.37. The Labute approximate surface area is 177 Å². The van der Waals surface area contributed by atoms with Crippen molar-refractivity contribution in [3.8, 4) is 0 Å². The van der Waals surface area contributed by atoms with Crippen LogP contribution in [0.2, 0.25) is 5.02 Å². The van der Waals surface area contributed by atoms with E-state index in [4.69, 9.17) is 16.3 Å². The van der Waals surface area contributed by atoms with Crippen LogP contribution < -0.4 is 0 Å². The summed E-state index contributed by atoms with van der Waals surface area (Å²) in [5, 5.41) is 0.720. The predicted molar refractivity (Wildman–Crippen MR) is 114 cm³/mol. The van der Waals surface area contributed by atoms with E-state index in [-0.39, 0.29) is 30.8 Å². The molecule has 0 radical (unpaired) electrons. The Morgan fingerprint density at radius 2 is 1.55 bits per heavy atom. The van der Waals surface area contributed by atoms with E-state index in [0.29, 0.717) is 19.7 Å². The molecule has 0 spiro atoms. The molecule has 1 atom stereocenters. The molecule has 0 unspecified atom stereocenters. The summed E-state index contributed by atoms with van der Waals surface area (Å²) in [5.41, 5.74) is 2.40. The largest absolute Gasteiger partial charge is 0.466 e. The second-order valence-electron chi connectivity index (χ2n) is 7.09. The number of nitrogens with zero attached hydrogens (tertiary/aromatic N) is 2. The van der Waals surface area contributed by atoms with Gasteiger partial charge < -0.3 is 9.64 Å². The maximum Gasteiger partial charge on any atom is 0.306 e. The number of benzene rings is 2. The van der Waals surface area contributed by atoms with Crippen molar-refractivity contribution in [2.24, 2.45) is 0 Å². The number of carbonyl (C=O) groups excluding carboxylic acids is 2. The highest BCUT2D eigenvalue weighted by Gasteiger charge is 2.28. The Balaban J connectivity index is 1.65. The van der Waals surface area contributed by atoms with Crippen molar-refractivity contribution in [2.75, 3.05) is 32.8 Å². The van der Waals surface area contributed by atoms with Crippen LogP contribution in [0.25, 0.3) is 0 Å². The average molecular weight is 415 g/mol. The standard InChI is InChI=1S/C23H27ClN2O3/c1-2-29-22(28)13-12-21(27)25-14-16-26(17-15-25)23(18-6-4-3-5-7-18)19-8-10-20(24)11-9-19/h3-11,23H,2,12-17H2,1H3/t23-/m1/s1. The van der Waals surface area contributed by atoms with E-state index in [1.54, 1.807) is 6.92 Å². The number of rotatable bonds is 7. The van der Waals surface area contributed by atoms with E-state index in [2.05, 4.69) is 29.2 Å². The van der Waals surface area contributed by atoms with Gasteiger partial charge in [-0.15, -0.1) is 0 Å². The number of halogens is 1. The van der Waals surface area contributed by atoms with Crippen LogP contribution in [0.1, 0.15) is 36.9 Å². The van der Waals surface area contributed by atoms with Gasteiger partial charge in [0.25, 0.3) is 0 Å². The average Bonchev–Trinajstić information content (AvgIpc) is 2.75. The molecule has 1 aliphatic rings. The quantitative estimate of drug-likeness (QED) is 0.644. The lowest BCUT2D eigenvalue weighted by Crippen LogP contribution is -2.49. The van der Waals surface area contributed by atoms with E-state index in [0.717, 1.165) is 18.1 Å². The van der Waals surface area contributed by atoms with E-state index < -0.39 is 0 Å². The predicted octanol–water partition coefficient (Wildman–Crippen LogP) is 3.92. The summed E-state index contributed by atoms with van der Waals surface area (Å²) >= 11 is 6.08. The minimum Gasteiger partial charge on any atom is -0.466 e. The molecule has 1 aliphatic heterocycles. The molecule has 154 valence electrons. The molecule has 2 aromatic rings. The summed E-state index contributed by atoms with van der Waals surface area (Å²) in [7, 11) is 0. The third-order valence-electron chi connectivity index (χ3n) is 5.18. The molecule has 0 N–H and O–H groups in total. The first-order valence-electron chi connectivity index (χ1n) is 10.1. The van der Waals surface area contributed by atoms with Crippen molar-refractivity contribution in [2.45, 2.75) is 25.8 Å². The van der Waals surface area contributed by atoms with Gasteiger partial charge in [0, 0.05) is 37.6 Å². The highest BCUT2D eigenvalue weighted by molar-refractivity contribution is 6.30. The number of carbonyl (C=O) groups is 2. The highest BCUT2D eigenvalue weighted by Crippen LogP contribution is 2.30. The Morgan fingerprint density at radius 1 is 0.931 bits per heavy atom. The molecule has 5 nitrogen and oxygen atoms in total. The van der Waals surface area contributed by atoms with Crippen LogP contribution in [0.3, 0.4) is 0 Å². The molecule has 1 heterocycles. The molecule has 1 saturated heterocycles. The molecular weight excluding hydrogens is 388 g/mol. The lowest BCUT2D eigenvalue weighted by atomic mass is 9.96. The summed E-state index contributed by atoms with van der Waals surface area (Å²) < 4.78 is 4.91. The van der Waals surface area contributed by atoms with Gasteiger partial charge in [0.2, 0.25) is 5.91 Å². The number of ether oxygens (including phenoxy) is 1. The highest BCUT2D eigenvalue weighted by atomic mass is 35.5. The zero-order valence-electron chi connectivity index (χ0n) is 16.7. The van der Waals surface area contributed by atoms with Crippen molar-refractivity contribution in [3.63, 3.8) is 0 Å². The summed E-state index contributed by atoms with van der Waals surface area (Å²) in [6.07, 6.45) is 0.350. The van der Waals surface area contributed by atoms with Gasteiger partial charge in [-0.3, -0.25) is 14.5 Å². The monoisotopic (exact) mass is 414 g/mol. The molecule has 1 amide bonds. The molecule has 2 aromatic carbocycles. The van der Waals surface area contributed by atoms with Crippen LogP contribution in [0, 0.1) is 0 Å². The smallest absolute Gasteiger partial charge is 0.306 e. The SMILES string of the molecule is CCOC(=O)CCC(=O)N1CCN([C@H](c2ccccc2)c2ccc(Cl)cc2)CC1. The minimum atomic E-state index is -0.314. The van der Waals surface area contributed by atoms with Gasteiger partial charge in [0.1, 0.15) is 0 Å². The lowest BCUT2D eigenvalue weighted by molar-refractivity contribution is -0.146. The van der Waals surface area contributed by atoms with E-state index >= 15 is 0 Å². The fourth-order valence-electron chi connectivity index (χ4n) is 3.72. The topological polar surface area (TPSA) is 49.9 Å². The summed E-state index contributed by atoms with van der Waals surface area (Å²) in [4.78, 5) is 28.2. The van der Waals surface area contributed by atoms with Crippen molar-refractivity contribution in [1.29, 1.82) is 0 Å². The molecule has 6 heteroatoms. The lowest BCUT2D eigenvalue weighted by Gasteiger charge is -2.39. The first-order chi connectivity index (χ1) is 14.1. The fraction of sp³-hybridized carbons (Fsp3) is 0.391. The zero-order chi connectivity index (χ0) is 20.6. The van der Waals surface area contributed by atoms with Gasteiger partial charge in [0.05, 0.1) is 19.1 Å². The zero-order valence-corrected chi connectivity index (χ0v) is 17.5. The van der Waals surface area contributed by atoms with E-state index in [1.165, 1.54) is 11.1 Å². The second-order valence-corrected chi connectivity index (χ2v) is 7.52. The minimum absolute atomic E-state index is 0.0143. The molecule has 0 saturated carbocycles. The number of esters is 1. The van der Waals surface area contributed by atoms with Crippen molar-refractivity contribution < 1.29 is 14.3 Å². The number of amides is 1. The molecule has 0 aromatic heterocycles. The second kappa shape index (κ2) is 10.4. The first kappa shape index (κ1) is 21.3. The maximum atomic E-state index is 12.4. The summed E-state index contributed by atoms with van der Waals surface area (Å²) in [6.45, 7) is 4.96. The summed E-state index contributed by atoms with van der Waals surface area (Å²) in [5.74, 6) is -0.299. The number of piperazine rings is 1.